The van der Waals surface area contributed by atoms with Crippen molar-refractivity contribution in [3.05, 3.63) is 56.2 Å². The van der Waals surface area contributed by atoms with Crippen molar-refractivity contribution >= 4 is 11.5 Å². The van der Waals surface area contributed by atoms with Crippen molar-refractivity contribution in [2.75, 3.05) is 12.4 Å². The Balaban J connectivity index is 2.55. The highest BCUT2D eigenvalue weighted by molar-refractivity contribution is 5.63. The Labute approximate surface area is 127 Å². The Morgan fingerprint density at radius 1 is 1.27 bits per heavy atom. The van der Waals surface area contributed by atoms with E-state index in [1.165, 1.54) is 18.7 Å². The Bertz CT molecular complexity index is 859. The van der Waals surface area contributed by atoms with Crippen LogP contribution in [-0.2, 0) is 25.4 Å². The molecular weight excluding hydrogens is 284 g/mol. The summed E-state index contributed by atoms with van der Waals surface area (Å²) in [5, 5.41) is 12.2. The van der Waals surface area contributed by atoms with Crippen LogP contribution in [0, 0.1) is 11.3 Å². The standard InChI is InChI=1S/C15H16N4O3/c1-18-13(12(8-16)14(20)19(2)15(18)21)17-11-6-4-5-10(7-11)9-22-3/h4-7,17H,9H2,1-3H3. The minimum atomic E-state index is -0.624. The zero-order valence-electron chi connectivity index (χ0n) is 12.6. The van der Waals surface area contributed by atoms with E-state index >= 15 is 0 Å². The van der Waals surface area contributed by atoms with Crippen molar-refractivity contribution in [3.8, 4) is 6.07 Å². The average Bonchev–Trinajstić information content (AvgIpc) is 2.52. The van der Waals surface area contributed by atoms with Gasteiger partial charge in [0.05, 0.1) is 6.61 Å². The van der Waals surface area contributed by atoms with Gasteiger partial charge < -0.3 is 10.1 Å². The zero-order valence-corrected chi connectivity index (χ0v) is 12.6. The van der Waals surface area contributed by atoms with Crippen molar-refractivity contribution in [1.82, 2.24) is 9.13 Å². The van der Waals surface area contributed by atoms with Crippen LogP contribution in [0.5, 0.6) is 0 Å². The van der Waals surface area contributed by atoms with Crippen LogP contribution in [0.2, 0.25) is 0 Å². The van der Waals surface area contributed by atoms with Gasteiger partial charge in [-0.15, -0.1) is 0 Å². The van der Waals surface area contributed by atoms with Crippen molar-refractivity contribution in [1.29, 1.82) is 5.26 Å². The van der Waals surface area contributed by atoms with Crippen LogP contribution in [0.3, 0.4) is 0 Å². The smallest absolute Gasteiger partial charge is 0.332 e. The number of aromatic nitrogens is 2. The number of hydrogen-bond acceptors (Lipinski definition) is 5. The highest BCUT2D eigenvalue weighted by atomic mass is 16.5. The largest absolute Gasteiger partial charge is 0.380 e. The molecule has 1 heterocycles. The molecule has 2 rings (SSSR count). The topological polar surface area (TPSA) is 89.1 Å². The summed E-state index contributed by atoms with van der Waals surface area (Å²) in [6.07, 6.45) is 0. The zero-order chi connectivity index (χ0) is 16.3. The quantitative estimate of drug-likeness (QED) is 0.904. The third kappa shape index (κ3) is 2.77. The molecule has 0 aliphatic rings. The third-order valence-corrected chi connectivity index (χ3v) is 3.28. The van der Waals surface area contributed by atoms with Gasteiger partial charge in [0.15, 0.2) is 5.56 Å². The van der Waals surface area contributed by atoms with Crippen molar-refractivity contribution in [2.24, 2.45) is 14.1 Å². The van der Waals surface area contributed by atoms with E-state index in [4.69, 9.17) is 4.74 Å². The summed E-state index contributed by atoms with van der Waals surface area (Å²) in [6, 6.07) is 9.17. The second-order valence-electron chi connectivity index (χ2n) is 4.80. The predicted octanol–water partition coefficient (Wildman–Crippen LogP) is 0.846. The van der Waals surface area contributed by atoms with Gasteiger partial charge >= 0.3 is 5.69 Å². The average molecular weight is 300 g/mol. The molecule has 0 radical (unpaired) electrons. The Kier molecular flexibility index (Phi) is 4.44. The molecule has 0 aliphatic heterocycles. The van der Waals surface area contributed by atoms with Gasteiger partial charge in [-0.05, 0) is 17.7 Å². The number of methoxy groups -OCH3 is 1. The summed E-state index contributed by atoms with van der Waals surface area (Å²) in [4.78, 5) is 24.0. The van der Waals surface area contributed by atoms with E-state index in [1.807, 2.05) is 24.3 Å². The summed E-state index contributed by atoms with van der Waals surface area (Å²) in [6.45, 7) is 0.441. The molecule has 114 valence electrons. The first-order chi connectivity index (χ1) is 10.5. The fraction of sp³-hybridized carbons (Fsp3) is 0.267. The first-order valence-electron chi connectivity index (χ1n) is 6.54. The van der Waals surface area contributed by atoms with Gasteiger partial charge in [-0.25, -0.2) is 4.79 Å². The molecular formula is C15H16N4O3. The summed E-state index contributed by atoms with van der Waals surface area (Å²) >= 11 is 0. The predicted molar refractivity (Wildman–Crippen MR) is 82.1 cm³/mol. The Hall–Kier alpha value is -2.85. The van der Waals surface area contributed by atoms with E-state index in [2.05, 4.69) is 5.32 Å². The van der Waals surface area contributed by atoms with Gasteiger partial charge in [-0.2, -0.15) is 5.26 Å². The Morgan fingerprint density at radius 2 is 2.00 bits per heavy atom. The van der Waals surface area contributed by atoms with Gasteiger partial charge in [-0.3, -0.25) is 13.9 Å². The normalized spacial score (nSPS) is 10.3. The molecule has 0 amide bonds. The van der Waals surface area contributed by atoms with Crippen LogP contribution in [0.4, 0.5) is 11.5 Å². The molecule has 1 N–H and O–H groups in total. The first-order valence-corrected chi connectivity index (χ1v) is 6.54. The van der Waals surface area contributed by atoms with E-state index in [1.54, 1.807) is 13.2 Å². The second-order valence-corrected chi connectivity index (χ2v) is 4.80. The molecule has 22 heavy (non-hydrogen) atoms. The van der Waals surface area contributed by atoms with Gasteiger partial charge in [0.25, 0.3) is 5.56 Å². The van der Waals surface area contributed by atoms with E-state index in [0.717, 1.165) is 10.1 Å². The number of nitriles is 1. The monoisotopic (exact) mass is 300 g/mol. The van der Waals surface area contributed by atoms with E-state index in [-0.39, 0.29) is 11.4 Å². The van der Waals surface area contributed by atoms with E-state index in [0.29, 0.717) is 12.3 Å². The fourth-order valence-electron chi connectivity index (χ4n) is 2.13. The first kappa shape index (κ1) is 15.5. The molecule has 0 fully saturated rings. The minimum absolute atomic E-state index is 0.109. The molecule has 1 aromatic carbocycles. The molecule has 0 saturated heterocycles. The molecule has 7 nitrogen and oxygen atoms in total. The lowest BCUT2D eigenvalue weighted by Crippen LogP contribution is -2.39. The number of nitrogens with one attached hydrogen (secondary N) is 1. The van der Waals surface area contributed by atoms with E-state index < -0.39 is 11.2 Å². The molecule has 0 spiro atoms. The third-order valence-electron chi connectivity index (χ3n) is 3.28. The van der Waals surface area contributed by atoms with Crippen LogP contribution in [-0.4, -0.2) is 16.2 Å². The highest BCUT2D eigenvalue weighted by Crippen LogP contribution is 2.18. The number of benzene rings is 1. The summed E-state index contributed by atoms with van der Waals surface area (Å²) in [5.74, 6) is 0.171. The lowest BCUT2D eigenvalue weighted by atomic mass is 10.2. The summed E-state index contributed by atoms with van der Waals surface area (Å²) < 4.78 is 7.21. The fourth-order valence-corrected chi connectivity index (χ4v) is 2.13. The van der Waals surface area contributed by atoms with Crippen molar-refractivity contribution < 1.29 is 4.74 Å². The van der Waals surface area contributed by atoms with Gasteiger partial charge in [0, 0.05) is 26.9 Å². The van der Waals surface area contributed by atoms with Crippen molar-refractivity contribution in [3.63, 3.8) is 0 Å². The molecule has 0 atom stereocenters. The number of hydrogen-bond donors (Lipinski definition) is 1. The number of nitrogens with zero attached hydrogens (tertiary/aromatic N) is 3. The van der Waals surface area contributed by atoms with Crippen LogP contribution in [0.25, 0.3) is 0 Å². The van der Waals surface area contributed by atoms with Gasteiger partial charge in [-0.1, -0.05) is 12.1 Å². The minimum Gasteiger partial charge on any atom is -0.380 e. The van der Waals surface area contributed by atoms with Gasteiger partial charge in [0.1, 0.15) is 11.9 Å². The van der Waals surface area contributed by atoms with Crippen LogP contribution in [0.1, 0.15) is 11.1 Å². The number of rotatable bonds is 4. The second kappa shape index (κ2) is 6.28. The number of anilines is 2. The molecule has 0 saturated carbocycles. The molecule has 1 aromatic heterocycles. The summed E-state index contributed by atoms with van der Waals surface area (Å²) in [5.41, 5.74) is 0.358. The Morgan fingerprint density at radius 3 is 2.64 bits per heavy atom. The molecule has 2 aromatic rings. The highest BCUT2D eigenvalue weighted by Gasteiger charge is 2.15. The van der Waals surface area contributed by atoms with E-state index in [9.17, 15) is 14.9 Å². The molecule has 7 heteroatoms. The maximum atomic E-state index is 12.0. The summed E-state index contributed by atoms with van der Waals surface area (Å²) in [7, 11) is 4.44. The SMILES string of the molecule is COCc1cccc(Nc2c(C#N)c(=O)n(C)c(=O)n2C)c1. The molecule has 0 unspecified atom stereocenters. The molecule has 0 aliphatic carbocycles. The maximum Gasteiger partial charge on any atom is 0.332 e. The maximum absolute atomic E-state index is 12.0. The lowest BCUT2D eigenvalue weighted by molar-refractivity contribution is 0.185. The van der Waals surface area contributed by atoms with Crippen molar-refractivity contribution in [2.45, 2.75) is 6.61 Å². The van der Waals surface area contributed by atoms with Crippen LogP contribution < -0.4 is 16.6 Å². The number of ether oxygens (including phenoxy) is 1. The van der Waals surface area contributed by atoms with Crippen LogP contribution >= 0.6 is 0 Å². The lowest BCUT2D eigenvalue weighted by Gasteiger charge is -2.14. The van der Waals surface area contributed by atoms with Gasteiger partial charge in [0.2, 0.25) is 0 Å². The van der Waals surface area contributed by atoms with Crippen LogP contribution in [0.15, 0.2) is 33.9 Å². The molecule has 0 bridgehead atoms.